The maximum absolute atomic E-state index is 12.4. The lowest BCUT2D eigenvalue weighted by Crippen LogP contribution is -2.32. The standard InChI is InChI=1S/C32H34N6O7/c1-3-33-32(40)37-28-25-29(35-18-34-28)38(19-36-25)30-27-26(44-24(45-27)15-14-20-10-6-5-7-11-20)23(43-30)17-41-16-21-12-8-9-13-22(21)31(39)42-4-2/h5-15,18-19,23-24,26-27,30H,3-4,16-17H2,1-2H3,(H2,33,34,35,37,40)/b15-14+/t23?,24-,26?,27?,30?/m0/s1. The van der Waals surface area contributed by atoms with Gasteiger partial charge in [0.05, 0.1) is 31.7 Å². The summed E-state index contributed by atoms with van der Waals surface area (Å²) in [6.45, 7) is 4.67. The van der Waals surface area contributed by atoms with E-state index in [1.165, 1.54) is 6.33 Å². The van der Waals surface area contributed by atoms with Crippen molar-refractivity contribution in [2.75, 3.05) is 25.1 Å². The summed E-state index contributed by atoms with van der Waals surface area (Å²) in [6.07, 6.45) is 3.93. The molecule has 2 aliphatic rings. The number of anilines is 1. The highest BCUT2D eigenvalue weighted by Crippen LogP contribution is 2.41. The van der Waals surface area contributed by atoms with Gasteiger partial charge >= 0.3 is 12.0 Å². The summed E-state index contributed by atoms with van der Waals surface area (Å²) in [4.78, 5) is 37.7. The van der Waals surface area contributed by atoms with Crippen molar-refractivity contribution < 1.29 is 33.3 Å². The number of urea groups is 1. The molecular formula is C32H34N6O7. The Morgan fingerprint density at radius 2 is 1.78 bits per heavy atom. The Hall–Kier alpha value is -4.69. The van der Waals surface area contributed by atoms with Crippen LogP contribution >= 0.6 is 0 Å². The third-order valence-corrected chi connectivity index (χ3v) is 7.37. The molecule has 13 heteroatoms. The molecule has 0 aliphatic carbocycles. The zero-order chi connectivity index (χ0) is 31.2. The molecule has 13 nitrogen and oxygen atoms in total. The number of fused-ring (bicyclic) bond motifs is 2. The zero-order valence-electron chi connectivity index (χ0n) is 24.9. The number of hydrogen-bond donors (Lipinski definition) is 2. The van der Waals surface area contributed by atoms with Gasteiger partial charge in [0.15, 0.2) is 29.5 Å². The number of rotatable bonds is 11. The molecule has 234 valence electrons. The first-order chi connectivity index (χ1) is 22.1. The number of ether oxygens (including phenoxy) is 5. The molecule has 5 atom stereocenters. The quantitative estimate of drug-likeness (QED) is 0.237. The van der Waals surface area contributed by atoms with Crippen molar-refractivity contribution in [3.8, 4) is 0 Å². The third-order valence-electron chi connectivity index (χ3n) is 7.37. The van der Waals surface area contributed by atoms with Gasteiger partial charge in [-0.25, -0.2) is 24.5 Å². The summed E-state index contributed by atoms with van der Waals surface area (Å²) < 4.78 is 32.2. The molecule has 2 saturated heterocycles. The number of imidazole rings is 1. The van der Waals surface area contributed by atoms with Crippen LogP contribution in [-0.4, -0.2) is 75.9 Å². The molecule has 2 amide bonds. The fraction of sp³-hybridized carbons (Fsp3) is 0.344. The van der Waals surface area contributed by atoms with Crippen LogP contribution in [-0.2, 0) is 30.3 Å². The number of aromatic nitrogens is 4. The van der Waals surface area contributed by atoms with E-state index in [4.69, 9.17) is 23.7 Å². The number of nitrogens with one attached hydrogen (secondary N) is 2. The van der Waals surface area contributed by atoms with Crippen LogP contribution in [0.15, 0.2) is 73.3 Å². The summed E-state index contributed by atoms with van der Waals surface area (Å²) in [5.41, 5.74) is 3.03. The van der Waals surface area contributed by atoms with Gasteiger partial charge in [0.2, 0.25) is 0 Å². The molecule has 0 spiro atoms. The van der Waals surface area contributed by atoms with E-state index in [9.17, 15) is 9.59 Å². The van der Waals surface area contributed by atoms with Crippen LogP contribution in [0.1, 0.15) is 41.6 Å². The normalized spacial score (nSPS) is 22.5. The Morgan fingerprint density at radius 1 is 0.978 bits per heavy atom. The molecule has 4 aromatic rings. The fourth-order valence-electron chi connectivity index (χ4n) is 5.34. The largest absolute Gasteiger partial charge is 0.462 e. The van der Waals surface area contributed by atoms with E-state index in [1.54, 1.807) is 30.0 Å². The first-order valence-corrected chi connectivity index (χ1v) is 14.8. The van der Waals surface area contributed by atoms with Gasteiger partial charge in [-0.3, -0.25) is 9.88 Å². The Labute approximate surface area is 259 Å². The van der Waals surface area contributed by atoms with Gasteiger partial charge in [-0.2, -0.15) is 0 Å². The summed E-state index contributed by atoms with van der Waals surface area (Å²) in [6, 6.07) is 16.6. The van der Waals surface area contributed by atoms with E-state index in [2.05, 4.69) is 25.6 Å². The highest BCUT2D eigenvalue weighted by Gasteiger charge is 2.53. The number of carbonyl (C=O) groups is 2. The molecule has 2 aromatic heterocycles. The van der Waals surface area contributed by atoms with Crippen molar-refractivity contribution in [3.05, 3.63) is 90.0 Å². The van der Waals surface area contributed by atoms with E-state index >= 15 is 0 Å². The van der Waals surface area contributed by atoms with E-state index < -0.39 is 42.8 Å². The van der Waals surface area contributed by atoms with Gasteiger partial charge in [-0.15, -0.1) is 0 Å². The molecule has 0 saturated carbocycles. The molecule has 4 heterocycles. The Morgan fingerprint density at radius 3 is 2.60 bits per heavy atom. The zero-order valence-corrected chi connectivity index (χ0v) is 24.9. The molecule has 45 heavy (non-hydrogen) atoms. The van der Waals surface area contributed by atoms with Crippen LogP contribution in [0.3, 0.4) is 0 Å². The topological polar surface area (TPSA) is 148 Å². The summed E-state index contributed by atoms with van der Waals surface area (Å²) in [5.74, 6) is -0.129. The lowest BCUT2D eigenvalue weighted by molar-refractivity contribution is -0.139. The van der Waals surface area contributed by atoms with Gasteiger partial charge in [0.1, 0.15) is 24.6 Å². The predicted octanol–water partition coefficient (Wildman–Crippen LogP) is 4.08. The summed E-state index contributed by atoms with van der Waals surface area (Å²) >= 11 is 0. The molecule has 0 radical (unpaired) electrons. The van der Waals surface area contributed by atoms with Gasteiger partial charge in [0.25, 0.3) is 0 Å². The third kappa shape index (κ3) is 6.71. The highest BCUT2D eigenvalue weighted by atomic mass is 16.8. The van der Waals surface area contributed by atoms with Crippen LogP contribution in [0.2, 0.25) is 0 Å². The van der Waals surface area contributed by atoms with Crippen molar-refractivity contribution in [1.29, 1.82) is 0 Å². The average molecular weight is 615 g/mol. The van der Waals surface area contributed by atoms with Gasteiger partial charge in [-0.05, 0) is 37.1 Å². The summed E-state index contributed by atoms with van der Waals surface area (Å²) in [5, 5.41) is 5.39. The maximum atomic E-state index is 12.4. The van der Waals surface area contributed by atoms with Gasteiger partial charge in [0, 0.05) is 6.54 Å². The van der Waals surface area contributed by atoms with E-state index in [1.807, 2.05) is 61.5 Å². The fourth-order valence-corrected chi connectivity index (χ4v) is 5.34. The first-order valence-electron chi connectivity index (χ1n) is 14.8. The Kier molecular flexibility index (Phi) is 9.41. The van der Waals surface area contributed by atoms with Crippen molar-refractivity contribution >= 4 is 35.1 Å². The number of carbonyl (C=O) groups excluding carboxylic acids is 2. The Bertz CT molecular complexity index is 1660. The van der Waals surface area contributed by atoms with E-state index in [-0.39, 0.29) is 25.6 Å². The first kappa shape index (κ1) is 30.3. The van der Waals surface area contributed by atoms with Crippen molar-refractivity contribution in [3.63, 3.8) is 0 Å². The smallest absolute Gasteiger partial charge is 0.338 e. The van der Waals surface area contributed by atoms with Crippen molar-refractivity contribution in [2.45, 2.75) is 51.3 Å². The molecule has 0 bridgehead atoms. The highest BCUT2D eigenvalue weighted by molar-refractivity contribution is 5.95. The minimum absolute atomic E-state index is 0.166. The SMILES string of the molecule is CCNC(=O)Nc1ncnc2c1ncn2C1OC(COCc2ccccc2C(=O)OCC)C2O[C@H](/C=C/c3ccccc3)OC21. The number of benzene rings is 2. The number of hydrogen-bond acceptors (Lipinski definition) is 10. The maximum Gasteiger partial charge on any atom is 0.338 e. The van der Waals surface area contributed by atoms with Crippen LogP contribution in [0.5, 0.6) is 0 Å². The summed E-state index contributed by atoms with van der Waals surface area (Å²) in [7, 11) is 0. The second-order valence-corrected chi connectivity index (χ2v) is 10.3. The second kappa shape index (κ2) is 13.9. The molecule has 2 fully saturated rings. The average Bonchev–Trinajstić information content (AvgIpc) is 3.76. The molecular weight excluding hydrogens is 580 g/mol. The predicted molar refractivity (Wildman–Crippen MR) is 163 cm³/mol. The number of esters is 1. The Balaban J connectivity index is 1.23. The van der Waals surface area contributed by atoms with Crippen molar-refractivity contribution in [1.82, 2.24) is 24.8 Å². The van der Waals surface area contributed by atoms with Gasteiger partial charge in [-0.1, -0.05) is 54.6 Å². The second-order valence-electron chi connectivity index (χ2n) is 10.3. The van der Waals surface area contributed by atoms with E-state index in [0.29, 0.717) is 28.8 Å². The molecule has 2 N–H and O–H groups in total. The molecule has 2 aromatic carbocycles. The number of nitrogens with zero attached hydrogens (tertiary/aromatic N) is 4. The lowest BCUT2D eigenvalue weighted by Gasteiger charge is -2.20. The molecule has 4 unspecified atom stereocenters. The van der Waals surface area contributed by atoms with E-state index in [0.717, 1.165) is 5.56 Å². The monoisotopic (exact) mass is 614 g/mol. The molecule has 6 rings (SSSR count). The minimum atomic E-state index is -0.664. The van der Waals surface area contributed by atoms with Crippen LogP contribution in [0.4, 0.5) is 10.6 Å². The minimum Gasteiger partial charge on any atom is -0.462 e. The van der Waals surface area contributed by atoms with Crippen LogP contribution in [0, 0.1) is 0 Å². The van der Waals surface area contributed by atoms with Crippen LogP contribution in [0.25, 0.3) is 17.2 Å². The number of amides is 2. The van der Waals surface area contributed by atoms with Crippen molar-refractivity contribution in [2.24, 2.45) is 0 Å². The molecule has 2 aliphatic heterocycles. The lowest BCUT2D eigenvalue weighted by atomic mass is 10.1. The van der Waals surface area contributed by atoms with Gasteiger partial charge < -0.3 is 29.0 Å². The van der Waals surface area contributed by atoms with Crippen LogP contribution < -0.4 is 10.6 Å².